The zero-order chi connectivity index (χ0) is 21.0. The summed E-state index contributed by atoms with van der Waals surface area (Å²) in [5, 5.41) is 10.8. The maximum Gasteiger partial charge on any atom is 0.287 e. The van der Waals surface area contributed by atoms with Gasteiger partial charge in [0.25, 0.3) is 5.69 Å². The topological polar surface area (TPSA) is 79.6 Å². The van der Waals surface area contributed by atoms with E-state index < -0.39 is 4.92 Å². The van der Waals surface area contributed by atoms with Crippen LogP contribution in [-0.2, 0) is 6.42 Å². The van der Waals surface area contributed by atoms with Crippen molar-refractivity contribution in [1.82, 2.24) is 9.88 Å². The first kappa shape index (κ1) is 20.9. The fourth-order valence-corrected chi connectivity index (χ4v) is 3.70. The van der Waals surface area contributed by atoms with Crippen LogP contribution in [0.25, 0.3) is 0 Å². The van der Waals surface area contributed by atoms with Gasteiger partial charge in [-0.15, -0.1) is 0 Å². The Morgan fingerprint density at radius 2 is 1.72 bits per heavy atom. The van der Waals surface area contributed by atoms with E-state index >= 15 is 0 Å². The molecule has 0 amide bonds. The molecular formula is C22H28N4O3. The Balaban J connectivity index is 1.57. The van der Waals surface area contributed by atoms with Crippen molar-refractivity contribution in [2.24, 2.45) is 5.92 Å². The van der Waals surface area contributed by atoms with E-state index in [0.717, 1.165) is 44.0 Å². The number of carbonyl (C=O) groups is 1. The Bertz CT molecular complexity index is 841. The molecule has 1 atom stereocenters. The molecule has 2 heterocycles. The number of hydrogen-bond acceptors (Lipinski definition) is 6. The first-order chi connectivity index (χ1) is 13.8. The number of hydrogen-bond donors (Lipinski definition) is 0. The lowest BCUT2D eigenvalue weighted by molar-refractivity contribution is -0.385. The number of benzene rings is 1. The number of piperazine rings is 1. The van der Waals surface area contributed by atoms with Crippen molar-refractivity contribution in [1.29, 1.82) is 0 Å². The Hall–Kier alpha value is -2.80. The first-order valence-corrected chi connectivity index (χ1v) is 10.1. The van der Waals surface area contributed by atoms with Crippen LogP contribution in [0.5, 0.6) is 0 Å². The van der Waals surface area contributed by atoms with E-state index in [4.69, 9.17) is 0 Å². The van der Waals surface area contributed by atoms with Crippen LogP contribution < -0.4 is 4.90 Å². The predicted molar refractivity (Wildman–Crippen MR) is 113 cm³/mol. The summed E-state index contributed by atoms with van der Waals surface area (Å²) in [6.07, 6.45) is 2.31. The second-order valence-corrected chi connectivity index (χ2v) is 7.99. The molecule has 2 aromatic rings. The molecule has 0 saturated carbocycles. The van der Waals surface area contributed by atoms with Crippen LogP contribution in [0.1, 0.15) is 36.7 Å². The fraction of sp³-hybridized carbons (Fsp3) is 0.455. The lowest BCUT2D eigenvalue weighted by Crippen LogP contribution is -2.52. The molecule has 7 nitrogen and oxygen atoms in total. The number of nitrogens with zero attached hydrogens (tertiary/aromatic N) is 4. The molecule has 0 radical (unpaired) electrons. The summed E-state index contributed by atoms with van der Waals surface area (Å²) in [6.45, 7) is 9.30. The number of ketones is 1. The van der Waals surface area contributed by atoms with Gasteiger partial charge in [0, 0.05) is 37.8 Å². The van der Waals surface area contributed by atoms with Crippen LogP contribution >= 0.6 is 0 Å². The molecule has 1 aliphatic heterocycles. The minimum Gasteiger partial charge on any atom is -0.354 e. The Labute approximate surface area is 171 Å². The smallest absolute Gasteiger partial charge is 0.287 e. The molecule has 1 aliphatic rings. The third-order valence-corrected chi connectivity index (χ3v) is 5.39. The molecule has 3 rings (SSSR count). The van der Waals surface area contributed by atoms with Crippen LogP contribution in [0.15, 0.2) is 42.6 Å². The second kappa shape index (κ2) is 9.13. The molecule has 1 saturated heterocycles. The van der Waals surface area contributed by atoms with Crippen molar-refractivity contribution in [3.05, 3.63) is 63.8 Å². The third kappa shape index (κ3) is 5.17. The molecule has 0 bridgehead atoms. The fourth-order valence-electron chi connectivity index (χ4n) is 3.70. The van der Waals surface area contributed by atoms with E-state index in [1.807, 2.05) is 19.1 Å². The van der Waals surface area contributed by atoms with Gasteiger partial charge in [0.15, 0.2) is 5.78 Å². The van der Waals surface area contributed by atoms with Crippen molar-refractivity contribution >= 4 is 17.3 Å². The average Bonchev–Trinajstić information content (AvgIpc) is 2.73. The monoisotopic (exact) mass is 396 g/mol. The van der Waals surface area contributed by atoms with Crippen molar-refractivity contribution < 1.29 is 9.72 Å². The van der Waals surface area contributed by atoms with E-state index in [2.05, 4.69) is 40.8 Å². The lowest BCUT2D eigenvalue weighted by Gasteiger charge is -2.38. The lowest BCUT2D eigenvalue weighted by atomic mass is 9.98. The van der Waals surface area contributed by atoms with E-state index in [0.29, 0.717) is 5.92 Å². The quantitative estimate of drug-likeness (QED) is 0.404. The molecule has 0 aliphatic carbocycles. The van der Waals surface area contributed by atoms with Gasteiger partial charge in [0.1, 0.15) is 12.0 Å². The van der Waals surface area contributed by atoms with E-state index in [1.54, 1.807) is 6.07 Å². The third-order valence-electron chi connectivity index (χ3n) is 5.39. The number of aromatic nitrogens is 1. The number of anilines is 1. The zero-order valence-electron chi connectivity index (χ0n) is 17.2. The Morgan fingerprint density at radius 1 is 1.07 bits per heavy atom. The van der Waals surface area contributed by atoms with Gasteiger partial charge >= 0.3 is 0 Å². The molecular weight excluding hydrogens is 368 g/mol. The Kier molecular flexibility index (Phi) is 6.59. The molecule has 0 N–H and O–H groups in total. The maximum absolute atomic E-state index is 12.9. The highest BCUT2D eigenvalue weighted by Crippen LogP contribution is 2.19. The molecule has 0 spiro atoms. The number of rotatable bonds is 7. The van der Waals surface area contributed by atoms with E-state index in [-0.39, 0.29) is 17.5 Å². The van der Waals surface area contributed by atoms with Gasteiger partial charge in [-0.05, 0) is 30.9 Å². The van der Waals surface area contributed by atoms with Gasteiger partial charge in [-0.3, -0.25) is 19.8 Å². The number of carbonyl (C=O) groups excluding carboxylic acids is 1. The molecule has 1 aromatic heterocycles. The SMILES string of the molecule is CC(C)Cc1ccc(C(=O)C(C)N2CCN(c3ccc([N+](=O)[O-])cn3)CC2)cc1. The molecule has 1 fully saturated rings. The minimum atomic E-state index is -0.447. The van der Waals surface area contributed by atoms with Crippen molar-refractivity contribution in [3.8, 4) is 0 Å². The van der Waals surface area contributed by atoms with Crippen LogP contribution in [0, 0.1) is 16.0 Å². The van der Waals surface area contributed by atoms with Crippen molar-refractivity contribution in [2.75, 3.05) is 31.1 Å². The summed E-state index contributed by atoms with van der Waals surface area (Å²) >= 11 is 0. The van der Waals surface area contributed by atoms with Crippen molar-refractivity contribution in [2.45, 2.75) is 33.2 Å². The molecule has 1 unspecified atom stereocenters. The van der Waals surface area contributed by atoms with Crippen molar-refractivity contribution in [3.63, 3.8) is 0 Å². The van der Waals surface area contributed by atoms with Crippen LogP contribution in [-0.4, -0.2) is 52.8 Å². The van der Waals surface area contributed by atoms with E-state index in [1.165, 1.54) is 17.8 Å². The minimum absolute atomic E-state index is 0.00832. The number of nitro groups is 1. The van der Waals surface area contributed by atoms with Gasteiger partial charge in [0.2, 0.25) is 0 Å². The molecule has 29 heavy (non-hydrogen) atoms. The summed E-state index contributed by atoms with van der Waals surface area (Å²) in [5.41, 5.74) is 2.00. The van der Waals surface area contributed by atoms with Gasteiger partial charge in [0.05, 0.1) is 11.0 Å². The largest absolute Gasteiger partial charge is 0.354 e. The van der Waals surface area contributed by atoms with Crippen LogP contribution in [0.3, 0.4) is 0 Å². The van der Waals surface area contributed by atoms with Crippen LogP contribution in [0.2, 0.25) is 0 Å². The summed E-state index contributed by atoms with van der Waals surface area (Å²) < 4.78 is 0. The molecule has 7 heteroatoms. The van der Waals surface area contributed by atoms with E-state index in [9.17, 15) is 14.9 Å². The zero-order valence-corrected chi connectivity index (χ0v) is 17.2. The summed E-state index contributed by atoms with van der Waals surface area (Å²) in [4.78, 5) is 31.7. The summed E-state index contributed by atoms with van der Waals surface area (Å²) in [5.74, 6) is 1.47. The highest BCUT2D eigenvalue weighted by atomic mass is 16.6. The van der Waals surface area contributed by atoms with Gasteiger partial charge in [-0.2, -0.15) is 0 Å². The molecule has 1 aromatic carbocycles. The maximum atomic E-state index is 12.9. The summed E-state index contributed by atoms with van der Waals surface area (Å²) in [6, 6.07) is 11.0. The first-order valence-electron chi connectivity index (χ1n) is 10.1. The molecule has 154 valence electrons. The Morgan fingerprint density at radius 3 is 2.24 bits per heavy atom. The van der Waals surface area contributed by atoms with Gasteiger partial charge < -0.3 is 4.90 Å². The highest BCUT2D eigenvalue weighted by molar-refractivity contribution is 5.99. The summed E-state index contributed by atoms with van der Waals surface area (Å²) in [7, 11) is 0. The second-order valence-electron chi connectivity index (χ2n) is 7.99. The highest BCUT2D eigenvalue weighted by Gasteiger charge is 2.27. The predicted octanol–water partition coefficient (Wildman–Crippen LogP) is 3.58. The standard InChI is InChI=1S/C22H28N4O3/c1-16(2)14-18-4-6-19(7-5-18)22(27)17(3)24-10-12-25(13-11-24)21-9-8-20(15-23-21)26(28)29/h4-9,15-17H,10-14H2,1-3H3. The average molecular weight is 396 g/mol. The normalized spacial score (nSPS) is 16.1. The number of Topliss-reactive ketones (excluding diaryl/α,β-unsaturated/α-hetero) is 1. The van der Waals surface area contributed by atoms with Crippen LogP contribution in [0.4, 0.5) is 11.5 Å². The number of pyridine rings is 1. The van der Waals surface area contributed by atoms with Gasteiger partial charge in [-0.25, -0.2) is 4.98 Å². The van der Waals surface area contributed by atoms with Gasteiger partial charge in [-0.1, -0.05) is 38.1 Å².